The zero-order valence-corrected chi connectivity index (χ0v) is 16.3. The first-order valence-corrected chi connectivity index (χ1v) is 9.09. The summed E-state index contributed by atoms with van der Waals surface area (Å²) in [4.78, 5) is 17.4. The van der Waals surface area contributed by atoms with Crippen LogP contribution < -0.4 is 5.32 Å². The smallest absolute Gasteiger partial charge is 0.256 e. The molecule has 0 saturated carbocycles. The molecular weight excluding hydrogens is 439 g/mol. The molecule has 130 valence electrons. The minimum Gasteiger partial charge on any atom is -0.399 e. The molecule has 1 N–H and O–H groups in total. The Hall–Kier alpha value is -2.67. The lowest BCUT2D eigenvalue weighted by atomic mass is 10.0. The number of carbonyl (C=O) groups is 1. The quantitative estimate of drug-likeness (QED) is 0.327. The van der Waals surface area contributed by atoms with E-state index in [-0.39, 0.29) is 5.91 Å². The molecule has 0 heterocycles. The lowest BCUT2D eigenvalue weighted by molar-refractivity contribution is 0.102. The van der Waals surface area contributed by atoms with Gasteiger partial charge in [-0.05, 0) is 58.0 Å². The number of carbonyl (C=O) groups excluding carboxylic acids is 1. The predicted molar refractivity (Wildman–Crippen MR) is 114 cm³/mol. The standard InChI is InChI=1S/C21H17IN2O2/c1-26-23-14-15-7-6-8-16(13-15)17-9-3-5-12-20(17)24-21(25)18-10-2-4-11-19(18)22/h2-14H,1H3,(H,24,25). The second-order valence-electron chi connectivity index (χ2n) is 5.52. The number of anilines is 1. The van der Waals surface area contributed by atoms with Gasteiger partial charge in [-0.25, -0.2) is 0 Å². The second-order valence-corrected chi connectivity index (χ2v) is 6.68. The molecule has 0 aromatic heterocycles. The molecular formula is C21H17IN2O2. The van der Waals surface area contributed by atoms with Crippen LogP contribution in [0.5, 0.6) is 0 Å². The van der Waals surface area contributed by atoms with E-state index in [1.165, 1.54) is 7.11 Å². The molecule has 0 fully saturated rings. The number of nitrogens with zero attached hydrogens (tertiary/aromatic N) is 1. The Bertz CT molecular complexity index is 954. The molecule has 26 heavy (non-hydrogen) atoms. The Morgan fingerprint density at radius 1 is 1.04 bits per heavy atom. The lowest BCUT2D eigenvalue weighted by Crippen LogP contribution is -2.14. The zero-order chi connectivity index (χ0) is 18.4. The predicted octanol–water partition coefficient (Wildman–Crippen LogP) is 5.19. The highest BCUT2D eigenvalue weighted by Gasteiger charge is 2.12. The molecule has 3 rings (SSSR count). The van der Waals surface area contributed by atoms with Gasteiger partial charge in [0.05, 0.1) is 11.8 Å². The minimum atomic E-state index is -0.125. The van der Waals surface area contributed by atoms with E-state index in [0.29, 0.717) is 5.56 Å². The number of hydrogen-bond donors (Lipinski definition) is 1. The van der Waals surface area contributed by atoms with Crippen molar-refractivity contribution in [1.29, 1.82) is 0 Å². The molecule has 0 aliphatic rings. The van der Waals surface area contributed by atoms with Crippen molar-refractivity contribution in [2.45, 2.75) is 0 Å². The number of oxime groups is 1. The van der Waals surface area contributed by atoms with Crippen molar-refractivity contribution in [3.8, 4) is 11.1 Å². The molecule has 0 aliphatic carbocycles. The van der Waals surface area contributed by atoms with Gasteiger partial charge >= 0.3 is 0 Å². The monoisotopic (exact) mass is 456 g/mol. The Balaban J connectivity index is 1.93. The Morgan fingerprint density at radius 3 is 2.62 bits per heavy atom. The molecule has 0 atom stereocenters. The van der Waals surface area contributed by atoms with E-state index in [4.69, 9.17) is 4.84 Å². The summed E-state index contributed by atoms with van der Waals surface area (Å²) in [7, 11) is 1.51. The summed E-state index contributed by atoms with van der Waals surface area (Å²) in [6, 6.07) is 23.2. The molecule has 0 saturated heterocycles. The zero-order valence-electron chi connectivity index (χ0n) is 14.1. The molecule has 1 amide bonds. The van der Waals surface area contributed by atoms with Gasteiger partial charge in [0, 0.05) is 14.8 Å². The number of amides is 1. The van der Waals surface area contributed by atoms with Crippen molar-refractivity contribution in [2.24, 2.45) is 5.16 Å². The molecule has 3 aromatic rings. The van der Waals surface area contributed by atoms with Gasteiger partial charge in [-0.15, -0.1) is 0 Å². The largest absolute Gasteiger partial charge is 0.399 e. The van der Waals surface area contributed by atoms with E-state index >= 15 is 0 Å². The van der Waals surface area contributed by atoms with Crippen molar-refractivity contribution < 1.29 is 9.63 Å². The fourth-order valence-electron chi connectivity index (χ4n) is 2.58. The summed E-state index contributed by atoms with van der Waals surface area (Å²) in [6.07, 6.45) is 1.65. The highest BCUT2D eigenvalue weighted by Crippen LogP contribution is 2.29. The van der Waals surface area contributed by atoms with E-state index < -0.39 is 0 Å². The third-order valence-corrected chi connectivity index (χ3v) is 4.74. The fraction of sp³-hybridized carbons (Fsp3) is 0.0476. The molecule has 0 bridgehead atoms. The van der Waals surface area contributed by atoms with Crippen molar-refractivity contribution in [3.63, 3.8) is 0 Å². The van der Waals surface area contributed by atoms with Crippen LogP contribution in [-0.4, -0.2) is 19.2 Å². The molecule has 3 aromatic carbocycles. The van der Waals surface area contributed by atoms with Crippen molar-refractivity contribution in [1.82, 2.24) is 0 Å². The van der Waals surface area contributed by atoms with Crippen LogP contribution >= 0.6 is 22.6 Å². The highest BCUT2D eigenvalue weighted by atomic mass is 127. The van der Waals surface area contributed by atoms with E-state index in [1.807, 2.05) is 72.8 Å². The third kappa shape index (κ3) is 4.29. The van der Waals surface area contributed by atoms with Crippen LogP contribution in [0.15, 0.2) is 78.0 Å². The Labute approximate surface area is 166 Å². The van der Waals surface area contributed by atoms with Gasteiger partial charge < -0.3 is 10.2 Å². The maximum atomic E-state index is 12.7. The average molecular weight is 456 g/mol. The number of hydrogen-bond acceptors (Lipinski definition) is 3. The first kappa shape index (κ1) is 18.1. The summed E-state index contributed by atoms with van der Waals surface area (Å²) in [5.74, 6) is -0.125. The van der Waals surface area contributed by atoms with E-state index in [0.717, 1.165) is 25.9 Å². The van der Waals surface area contributed by atoms with Crippen LogP contribution in [0.1, 0.15) is 15.9 Å². The van der Waals surface area contributed by atoms with E-state index in [2.05, 4.69) is 33.1 Å². The third-order valence-electron chi connectivity index (χ3n) is 3.80. The number of halogens is 1. The molecule has 0 spiro atoms. The van der Waals surface area contributed by atoms with Crippen LogP contribution in [0.3, 0.4) is 0 Å². The Kier molecular flexibility index (Phi) is 6.01. The van der Waals surface area contributed by atoms with Crippen LogP contribution in [-0.2, 0) is 4.84 Å². The van der Waals surface area contributed by atoms with Crippen LogP contribution in [0.2, 0.25) is 0 Å². The lowest BCUT2D eigenvalue weighted by Gasteiger charge is -2.12. The van der Waals surface area contributed by atoms with Gasteiger partial charge in [-0.2, -0.15) is 0 Å². The number of nitrogens with one attached hydrogen (secondary N) is 1. The summed E-state index contributed by atoms with van der Waals surface area (Å²) in [5.41, 5.74) is 4.27. The van der Waals surface area contributed by atoms with Gasteiger partial charge in [0.25, 0.3) is 5.91 Å². The molecule has 0 aliphatic heterocycles. The fourth-order valence-corrected chi connectivity index (χ4v) is 3.21. The van der Waals surface area contributed by atoms with Crippen LogP contribution in [0.4, 0.5) is 5.69 Å². The van der Waals surface area contributed by atoms with Crippen molar-refractivity contribution in [2.75, 3.05) is 12.4 Å². The van der Waals surface area contributed by atoms with Gasteiger partial charge in [-0.1, -0.05) is 53.7 Å². The van der Waals surface area contributed by atoms with E-state index in [9.17, 15) is 4.79 Å². The summed E-state index contributed by atoms with van der Waals surface area (Å²) < 4.78 is 0.915. The van der Waals surface area contributed by atoms with Crippen molar-refractivity contribution in [3.05, 3.63) is 87.5 Å². The first-order chi connectivity index (χ1) is 12.7. The average Bonchev–Trinajstić information content (AvgIpc) is 2.67. The maximum Gasteiger partial charge on any atom is 0.256 e. The first-order valence-electron chi connectivity index (χ1n) is 8.01. The summed E-state index contributed by atoms with van der Waals surface area (Å²) in [5, 5.41) is 6.83. The van der Waals surface area contributed by atoms with Crippen LogP contribution in [0.25, 0.3) is 11.1 Å². The van der Waals surface area contributed by atoms with Crippen LogP contribution in [0, 0.1) is 3.57 Å². The minimum absolute atomic E-state index is 0.125. The number of rotatable bonds is 5. The summed E-state index contributed by atoms with van der Waals surface area (Å²) >= 11 is 2.17. The Morgan fingerprint density at radius 2 is 1.81 bits per heavy atom. The highest BCUT2D eigenvalue weighted by molar-refractivity contribution is 14.1. The number of para-hydroxylation sites is 1. The number of benzene rings is 3. The summed E-state index contributed by atoms with van der Waals surface area (Å²) in [6.45, 7) is 0. The molecule has 4 nitrogen and oxygen atoms in total. The van der Waals surface area contributed by atoms with Crippen molar-refractivity contribution >= 4 is 40.4 Å². The topological polar surface area (TPSA) is 50.7 Å². The van der Waals surface area contributed by atoms with Gasteiger partial charge in [0.2, 0.25) is 0 Å². The normalized spacial score (nSPS) is 10.7. The maximum absolute atomic E-state index is 12.7. The SMILES string of the molecule is CON=Cc1cccc(-c2ccccc2NC(=O)c2ccccc2I)c1. The van der Waals surface area contributed by atoms with Gasteiger partial charge in [-0.3, -0.25) is 4.79 Å². The second kappa shape index (κ2) is 8.62. The molecule has 0 unspecified atom stereocenters. The molecule has 5 heteroatoms. The van der Waals surface area contributed by atoms with E-state index in [1.54, 1.807) is 6.21 Å². The van der Waals surface area contributed by atoms with Gasteiger partial charge in [0.1, 0.15) is 7.11 Å². The molecule has 0 radical (unpaired) electrons. The van der Waals surface area contributed by atoms with Gasteiger partial charge in [0.15, 0.2) is 0 Å².